The molecule has 0 saturated heterocycles. The Morgan fingerprint density at radius 2 is 2.30 bits per heavy atom. The number of H-pyrrole nitrogens is 1. The van der Waals surface area contributed by atoms with Crippen molar-refractivity contribution in [2.75, 3.05) is 20.1 Å². The molecule has 20 heavy (non-hydrogen) atoms. The Morgan fingerprint density at radius 1 is 1.45 bits per heavy atom. The van der Waals surface area contributed by atoms with Crippen LogP contribution in [0.1, 0.15) is 24.8 Å². The molecule has 1 fully saturated rings. The van der Waals surface area contributed by atoms with Crippen molar-refractivity contribution in [2.24, 2.45) is 5.41 Å². The van der Waals surface area contributed by atoms with E-state index in [1.807, 2.05) is 0 Å². The molecule has 4 nitrogen and oxygen atoms in total. The lowest BCUT2D eigenvalue weighted by molar-refractivity contribution is 0.139. The maximum atomic E-state index is 9.28. The van der Waals surface area contributed by atoms with Gasteiger partial charge in [-0.1, -0.05) is 12.5 Å². The highest BCUT2D eigenvalue weighted by atomic mass is 15.1. The number of fused-ring (bicyclic) bond motifs is 1. The Hall–Kier alpha value is -1.86. The summed E-state index contributed by atoms with van der Waals surface area (Å²) in [4.78, 5) is 9.67. The molecule has 0 unspecified atom stereocenters. The number of aromatic nitrogens is 2. The minimum atomic E-state index is -0.0674. The predicted octanol–water partition coefficient (Wildman–Crippen LogP) is 2.73. The van der Waals surface area contributed by atoms with Crippen LogP contribution in [0.15, 0.2) is 24.5 Å². The Kier molecular flexibility index (Phi) is 3.45. The summed E-state index contributed by atoms with van der Waals surface area (Å²) in [6.07, 6.45) is 6.07. The molecule has 0 amide bonds. The summed E-state index contributed by atoms with van der Waals surface area (Å²) in [5, 5.41) is 9.28. The number of rotatable bonds is 5. The standard InChI is InChI=1S/C16H20N4/c1-20(11-16(10-17)6-2-7-16)8-5-13-3-4-14-15(9-13)19-12-18-14/h3-4,9,12H,2,5-8,11H2,1H3,(H,18,19). The number of hydrogen-bond donors (Lipinski definition) is 1. The zero-order valence-corrected chi connectivity index (χ0v) is 11.9. The molecule has 1 N–H and O–H groups in total. The third kappa shape index (κ3) is 2.54. The lowest BCUT2D eigenvalue weighted by atomic mass is 9.69. The Balaban J connectivity index is 1.57. The number of nitrogens with zero attached hydrogens (tertiary/aromatic N) is 3. The molecule has 1 saturated carbocycles. The molecule has 1 aliphatic carbocycles. The van der Waals surface area contributed by atoms with Gasteiger partial charge < -0.3 is 9.88 Å². The van der Waals surface area contributed by atoms with Crippen LogP contribution in [0.3, 0.4) is 0 Å². The average Bonchev–Trinajstić information content (AvgIpc) is 2.88. The van der Waals surface area contributed by atoms with Gasteiger partial charge in [0.05, 0.1) is 28.8 Å². The van der Waals surface area contributed by atoms with E-state index < -0.39 is 0 Å². The zero-order chi connectivity index (χ0) is 14.0. The van der Waals surface area contributed by atoms with Gasteiger partial charge in [0.15, 0.2) is 0 Å². The first-order valence-corrected chi connectivity index (χ1v) is 7.23. The summed E-state index contributed by atoms with van der Waals surface area (Å²) in [6, 6.07) is 8.87. The summed E-state index contributed by atoms with van der Waals surface area (Å²) in [6.45, 7) is 1.89. The van der Waals surface area contributed by atoms with Crippen molar-refractivity contribution in [3.05, 3.63) is 30.1 Å². The van der Waals surface area contributed by atoms with Gasteiger partial charge in [-0.25, -0.2) is 4.98 Å². The molecule has 2 aromatic rings. The molecule has 3 rings (SSSR count). The number of hydrogen-bond acceptors (Lipinski definition) is 3. The van der Waals surface area contributed by atoms with Gasteiger partial charge in [0.25, 0.3) is 0 Å². The summed E-state index contributed by atoms with van der Waals surface area (Å²) in [5.41, 5.74) is 3.35. The van der Waals surface area contributed by atoms with Gasteiger partial charge in [-0.15, -0.1) is 0 Å². The highest BCUT2D eigenvalue weighted by molar-refractivity contribution is 5.75. The van der Waals surface area contributed by atoms with Crippen LogP contribution >= 0.6 is 0 Å². The third-order valence-electron chi connectivity index (χ3n) is 4.39. The van der Waals surface area contributed by atoms with Crippen molar-refractivity contribution in [1.29, 1.82) is 5.26 Å². The fourth-order valence-electron chi connectivity index (χ4n) is 2.96. The number of benzene rings is 1. The Bertz CT molecular complexity index is 633. The second kappa shape index (κ2) is 5.26. The van der Waals surface area contributed by atoms with Crippen molar-refractivity contribution in [1.82, 2.24) is 14.9 Å². The van der Waals surface area contributed by atoms with Crippen molar-refractivity contribution in [3.63, 3.8) is 0 Å². The van der Waals surface area contributed by atoms with E-state index in [0.717, 1.165) is 43.4 Å². The lowest BCUT2D eigenvalue weighted by Gasteiger charge is -2.38. The quantitative estimate of drug-likeness (QED) is 0.907. The largest absolute Gasteiger partial charge is 0.345 e. The second-order valence-corrected chi connectivity index (χ2v) is 5.99. The first kappa shape index (κ1) is 13.1. The van der Waals surface area contributed by atoms with Crippen LogP contribution in [0.5, 0.6) is 0 Å². The Morgan fingerprint density at radius 3 is 3.00 bits per heavy atom. The minimum Gasteiger partial charge on any atom is -0.345 e. The van der Waals surface area contributed by atoms with Crippen LogP contribution in [-0.4, -0.2) is 35.0 Å². The van der Waals surface area contributed by atoms with Crippen LogP contribution in [0.25, 0.3) is 11.0 Å². The SMILES string of the molecule is CN(CCc1ccc2nc[nH]c2c1)CC1(C#N)CCC1. The van der Waals surface area contributed by atoms with Gasteiger partial charge in [-0.3, -0.25) is 0 Å². The van der Waals surface area contributed by atoms with Crippen LogP contribution in [0.2, 0.25) is 0 Å². The van der Waals surface area contributed by atoms with E-state index in [9.17, 15) is 5.26 Å². The summed E-state index contributed by atoms with van der Waals surface area (Å²) < 4.78 is 0. The third-order valence-corrected chi connectivity index (χ3v) is 4.39. The number of likely N-dealkylation sites (N-methyl/N-ethyl adjacent to an activating group) is 1. The first-order chi connectivity index (χ1) is 9.71. The molecule has 0 bridgehead atoms. The number of aromatic amines is 1. The average molecular weight is 268 g/mol. The fourth-order valence-corrected chi connectivity index (χ4v) is 2.96. The van der Waals surface area contributed by atoms with Gasteiger partial charge in [0, 0.05) is 13.1 Å². The maximum Gasteiger partial charge on any atom is 0.0931 e. The van der Waals surface area contributed by atoms with Gasteiger partial charge in [-0.05, 0) is 44.0 Å². The van der Waals surface area contributed by atoms with Crippen molar-refractivity contribution < 1.29 is 0 Å². The topological polar surface area (TPSA) is 55.7 Å². The molecule has 4 heteroatoms. The summed E-state index contributed by atoms with van der Waals surface area (Å²) in [5.74, 6) is 0. The van der Waals surface area contributed by atoms with E-state index >= 15 is 0 Å². The molecular formula is C16H20N4. The fraction of sp³-hybridized carbons (Fsp3) is 0.500. The van der Waals surface area contributed by atoms with E-state index in [1.165, 1.54) is 12.0 Å². The van der Waals surface area contributed by atoms with Gasteiger partial charge >= 0.3 is 0 Å². The van der Waals surface area contributed by atoms with Crippen LogP contribution in [-0.2, 0) is 6.42 Å². The molecule has 104 valence electrons. The van der Waals surface area contributed by atoms with E-state index in [4.69, 9.17) is 0 Å². The Labute approximate surface area is 119 Å². The van der Waals surface area contributed by atoms with Crippen LogP contribution in [0.4, 0.5) is 0 Å². The van der Waals surface area contributed by atoms with Crippen molar-refractivity contribution in [3.8, 4) is 6.07 Å². The molecule has 1 heterocycles. The molecule has 1 aliphatic rings. The molecule has 1 aromatic heterocycles. The highest BCUT2D eigenvalue weighted by Gasteiger charge is 2.37. The zero-order valence-electron chi connectivity index (χ0n) is 11.9. The van der Waals surface area contributed by atoms with Gasteiger partial charge in [0.1, 0.15) is 0 Å². The van der Waals surface area contributed by atoms with E-state index in [2.05, 4.69) is 46.2 Å². The number of nitriles is 1. The molecular weight excluding hydrogens is 248 g/mol. The number of nitrogens with one attached hydrogen (secondary N) is 1. The van der Waals surface area contributed by atoms with Crippen molar-refractivity contribution >= 4 is 11.0 Å². The normalized spacial score (nSPS) is 17.1. The van der Waals surface area contributed by atoms with E-state index in [-0.39, 0.29) is 5.41 Å². The van der Waals surface area contributed by atoms with E-state index in [1.54, 1.807) is 6.33 Å². The van der Waals surface area contributed by atoms with Crippen LogP contribution < -0.4 is 0 Å². The molecule has 0 radical (unpaired) electrons. The van der Waals surface area contributed by atoms with Crippen LogP contribution in [0, 0.1) is 16.7 Å². The molecule has 0 spiro atoms. The maximum absolute atomic E-state index is 9.28. The summed E-state index contributed by atoms with van der Waals surface area (Å²) in [7, 11) is 2.12. The highest BCUT2D eigenvalue weighted by Crippen LogP contribution is 2.40. The van der Waals surface area contributed by atoms with Crippen molar-refractivity contribution in [2.45, 2.75) is 25.7 Å². The molecule has 1 aromatic carbocycles. The lowest BCUT2D eigenvalue weighted by Crippen LogP contribution is -2.40. The first-order valence-electron chi connectivity index (χ1n) is 7.23. The minimum absolute atomic E-state index is 0.0674. The van der Waals surface area contributed by atoms with Gasteiger partial charge in [-0.2, -0.15) is 5.26 Å². The predicted molar refractivity (Wildman–Crippen MR) is 79.2 cm³/mol. The van der Waals surface area contributed by atoms with Gasteiger partial charge in [0.2, 0.25) is 0 Å². The summed E-state index contributed by atoms with van der Waals surface area (Å²) >= 11 is 0. The smallest absolute Gasteiger partial charge is 0.0931 e. The molecule has 0 aliphatic heterocycles. The monoisotopic (exact) mass is 268 g/mol. The molecule has 0 atom stereocenters. The second-order valence-electron chi connectivity index (χ2n) is 5.99. The van der Waals surface area contributed by atoms with E-state index in [0.29, 0.717) is 0 Å². The number of imidazole rings is 1.